The average Bonchev–Trinajstić information content (AvgIpc) is 2.83. The van der Waals surface area contributed by atoms with Crippen molar-refractivity contribution in [2.24, 2.45) is 5.92 Å². The van der Waals surface area contributed by atoms with Gasteiger partial charge in [0.05, 0.1) is 36.1 Å². The lowest BCUT2D eigenvalue weighted by molar-refractivity contribution is -0.385. The van der Waals surface area contributed by atoms with E-state index in [1.165, 1.54) is 18.2 Å². The number of hydrogen-bond donors (Lipinski definition) is 3. The van der Waals surface area contributed by atoms with Crippen LogP contribution in [0.15, 0.2) is 24.3 Å². The Hall–Kier alpha value is -3.05. The van der Waals surface area contributed by atoms with E-state index in [4.69, 9.17) is 4.74 Å². The number of esters is 1. The number of nitro benzene ring substituents is 1. The summed E-state index contributed by atoms with van der Waals surface area (Å²) >= 11 is 0. The third-order valence-corrected chi connectivity index (χ3v) is 6.22. The van der Waals surface area contributed by atoms with Crippen LogP contribution in [-0.2, 0) is 19.1 Å². The highest BCUT2D eigenvalue weighted by Gasteiger charge is 2.31. The first kappa shape index (κ1) is 28.2. The van der Waals surface area contributed by atoms with Crippen LogP contribution in [0.2, 0.25) is 0 Å². The van der Waals surface area contributed by atoms with Gasteiger partial charge in [-0.05, 0) is 59.2 Å². The highest BCUT2D eigenvalue weighted by Crippen LogP contribution is 2.28. The Labute approximate surface area is 205 Å². The molecule has 1 aliphatic rings. The van der Waals surface area contributed by atoms with Crippen molar-refractivity contribution in [3.63, 3.8) is 0 Å². The van der Waals surface area contributed by atoms with Gasteiger partial charge in [0, 0.05) is 12.0 Å². The van der Waals surface area contributed by atoms with Crippen LogP contribution in [-0.4, -0.2) is 66.9 Å². The maximum atomic E-state index is 13.3. The molecular weight excluding hydrogens is 454 g/mol. The van der Waals surface area contributed by atoms with E-state index in [-0.39, 0.29) is 36.1 Å². The summed E-state index contributed by atoms with van der Waals surface area (Å²) in [5, 5.41) is 17.3. The fraction of sp³-hybridized carbons (Fsp3) is 0.625. The van der Waals surface area contributed by atoms with Crippen molar-refractivity contribution in [1.82, 2.24) is 15.5 Å². The number of nitrogens with zero attached hydrogens (tertiary/aromatic N) is 2. The lowest BCUT2D eigenvalue weighted by atomic mass is 9.95. The molecule has 1 aromatic rings. The molecule has 1 unspecified atom stereocenters. The van der Waals surface area contributed by atoms with Gasteiger partial charge in [-0.15, -0.1) is 0 Å². The van der Waals surface area contributed by atoms with Crippen LogP contribution < -0.4 is 16.4 Å². The molecule has 0 radical (unpaired) electrons. The summed E-state index contributed by atoms with van der Waals surface area (Å²) < 4.78 is 5.03. The van der Waals surface area contributed by atoms with Crippen molar-refractivity contribution in [2.75, 3.05) is 33.3 Å². The molecule has 2 atom stereocenters. The lowest BCUT2D eigenvalue weighted by Gasteiger charge is -2.30. The molecule has 1 fully saturated rings. The Morgan fingerprint density at radius 1 is 1.20 bits per heavy atom. The summed E-state index contributed by atoms with van der Waals surface area (Å²) in [7, 11) is 2.01. The van der Waals surface area contributed by atoms with E-state index in [0.29, 0.717) is 19.4 Å². The fourth-order valence-electron chi connectivity index (χ4n) is 4.20. The Morgan fingerprint density at radius 2 is 1.89 bits per heavy atom. The number of carbonyl (C=O) groups is 3. The number of unbranched alkanes of at least 4 members (excludes halogenated alkanes) is 1. The van der Waals surface area contributed by atoms with Crippen LogP contribution in [0.25, 0.3) is 0 Å². The Kier molecular flexibility index (Phi) is 11.6. The number of nitrogens with one attached hydrogen (secondary N) is 2. The van der Waals surface area contributed by atoms with Crippen LogP contribution in [0.3, 0.4) is 0 Å². The first-order chi connectivity index (χ1) is 16.8. The zero-order chi connectivity index (χ0) is 25.8. The molecule has 1 saturated heterocycles. The molecule has 35 heavy (non-hydrogen) atoms. The number of quaternary nitrogens is 1. The van der Waals surface area contributed by atoms with E-state index in [9.17, 15) is 24.5 Å². The summed E-state index contributed by atoms with van der Waals surface area (Å²) in [5.41, 5.74) is 3.83. The number of para-hydroxylation sites is 1. The minimum atomic E-state index is -0.973. The minimum absolute atomic E-state index is 0.149. The van der Waals surface area contributed by atoms with E-state index >= 15 is 0 Å². The van der Waals surface area contributed by atoms with Gasteiger partial charge in [0.15, 0.2) is 0 Å². The summed E-state index contributed by atoms with van der Waals surface area (Å²) in [6.45, 7) is 4.15. The maximum absolute atomic E-state index is 13.3. The number of ether oxygens (including phenoxy) is 1. The van der Waals surface area contributed by atoms with Crippen molar-refractivity contribution in [2.45, 2.75) is 57.5 Å². The van der Waals surface area contributed by atoms with Gasteiger partial charge >= 0.3 is 5.97 Å². The molecule has 0 bridgehead atoms. The van der Waals surface area contributed by atoms with Gasteiger partial charge in [0.1, 0.15) is 6.04 Å². The standard InChI is InChI=1S/C24H37N5O6/c1-3-35-22(30)16-20(18-8-4-5-10-21(18)29(33)34)27-24(32)19(9-6-7-13-25)26-23(31)17-11-14-28(2)15-12-17/h4-5,8,10,17,19-20H,3,6-7,9,11-16,25H2,1-2H3,(H,26,31)(H,27,32)/p+1/t19-,20?/m0/s1. The molecule has 11 nitrogen and oxygen atoms in total. The van der Waals surface area contributed by atoms with Crippen LogP contribution in [0.4, 0.5) is 5.69 Å². The fourth-order valence-corrected chi connectivity index (χ4v) is 4.20. The lowest BCUT2D eigenvalue weighted by Crippen LogP contribution is -2.51. The van der Waals surface area contributed by atoms with Crippen LogP contribution in [0.1, 0.15) is 57.1 Å². The second-order valence-corrected chi connectivity index (χ2v) is 8.87. The van der Waals surface area contributed by atoms with Crippen molar-refractivity contribution in [1.29, 1.82) is 0 Å². The highest BCUT2D eigenvalue weighted by molar-refractivity contribution is 5.89. The molecule has 2 rings (SSSR count). The number of piperidine rings is 1. The van der Waals surface area contributed by atoms with Gasteiger partial charge in [0.2, 0.25) is 11.8 Å². The van der Waals surface area contributed by atoms with E-state index < -0.39 is 28.9 Å². The molecule has 0 aliphatic carbocycles. The number of rotatable bonds is 13. The number of carbonyl (C=O) groups excluding carboxylic acids is 3. The van der Waals surface area contributed by atoms with Gasteiger partial charge in [-0.25, -0.2) is 0 Å². The Balaban J connectivity index is 2.22. The quantitative estimate of drug-likeness (QED) is 0.160. The van der Waals surface area contributed by atoms with Gasteiger partial charge in [0.25, 0.3) is 5.69 Å². The predicted octanol–water partition coefficient (Wildman–Crippen LogP) is 0.944. The highest BCUT2D eigenvalue weighted by atomic mass is 16.6. The van der Waals surface area contributed by atoms with Crippen molar-refractivity contribution < 1.29 is 29.8 Å². The number of amides is 2. The molecule has 11 heteroatoms. The predicted molar refractivity (Wildman–Crippen MR) is 129 cm³/mol. The van der Waals surface area contributed by atoms with Gasteiger partial charge < -0.3 is 26.0 Å². The SMILES string of the molecule is CCOC(=O)CC(NC(=O)[C@H](CCCC[NH3+])NC(=O)C1CCN(C)CC1)c1ccccc1[N+](=O)[O-]. The number of likely N-dealkylation sites (tertiary alicyclic amines) is 1. The largest absolute Gasteiger partial charge is 0.466 e. The molecular formula is C24H38N5O6+. The Morgan fingerprint density at radius 3 is 2.51 bits per heavy atom. The topological polar surface area (TPSA) is 159 Å². The Bertz CT molecular complexity index is 872. The second kappa shape index (κ2) is 14.4. The third-order valence-electron chi connectivity index (χ3n) is 6.22. The number of hydrogen-bond acceptors (Lipinski definition) is 7. The summed E-state index contributed by atoms with van der Waals surface area (Å²) in [6.07, 6.45) is 3.06. The minimum Gasteiger partial charge on any atom is -0.466 e. The molecule has 1 heterocycles. The number of benzene rings is 1. The molecule has 5 N–H and O–H groups in total. The molecule has 0 saturated carbocycles. The second-order valence-electron chi connectivity index (χ2n) is 8.87. The molecule has 0 spiro atoms. The first-order valence-electron chi connectivity index (χ1n) is 12.2. The number of nitro groups is 1. The van der Waals surface area contributed by atoms with E-state index in [1.807, 2.05) is 7.05 Å². The van der Waals surface area contributed by atoms with Crippen molar-refractivity contribution >= 4 is 23.5 Å². The average molecular weight is 493 g/mol. The zero-order valence-electron chi connectivity index (χ0n) is 20.7. The molecule has 0 aromatic heterocycles. The van der Waals surface area contributed by atoms with Crippen molar-refractivity contribution in [3.8, 4) is 0 Å². The van der Waals surface area contributed by atoms with Gasteiger partial charge in [-0.2, -0.15) is 0 Å². The summed E-state index contributed by atoms with van der Waals surface area (Å²) in [4.78, 5) is 51.7. The molecule has 1 aliphatic heterocycles. The first-order valence-corrected chi connectivity index (χ1v) is 12.2. The van der Waals surface area contributed by atoms with Crippen molar-refractivity contribution in [3.05, 3.63) is 39.9 Å². The van der Waals surface area contributed by atoms with E-state index in [2.05, 4.69) is 21.3 Å². The van der Waals surface area contributed by atoms with Gasteiger partial charge in [-0.1, -0.05) is 18.2 Å². The summed E-state index contributed by atoms with van der Waals surface area (Å²) in [5.74, 6) is -1.40. The third kappa shape index (κ3) is 8.91. The molecule has 2 amide bonds. The molecule has 194 valence electrons. The summed E-state index contributed by atoms with van der Waals surface area (Å²) in [6, 6.07) is 4.18. The van der Waals surface area contributed by atoms with Crippen LogP contribution in [0, 0.1) is 16.0 Å². The molecule has 1 aromatic carbocycles. The van der Waals surface area contributed by atoms with Crippen LogP contribution >= 0.6 is 0 Å². The maximum Gasteiger partial charge on any atom is 0.308 e. The normalized spacial score (nSPS) is 16.2. The monoisotopic (exact) mass is 492 g/mol. The van der Waals surface area contributed by atoms with Gasteiger partial charge in [-0.3, -0.25) is 24.5 Å². The smallest absolute Gasteiger partial charge is 0.308 e. The van der Waals surface area contributed by atoms with E-state index in [0.717, 1.165) is 32.4 Å². The van der Waals surface area contributed by atoms with Crippen LogP contribution in [0.5, 0.6) is 0 Å². The van der Waals surface area contributed by atoms with E-state index in [1.54, 1.807) is 13.0 Å². The zero-order valence-corrected chi connectivity index (χ0v) is 20.7.